The van der Waals surface area contributed by atoms with Crippen molar-refractivity contribution in [2.24, 2.45) is 4.99 Å². The van der Waals surface area contributed by atoms with E-state index in [4.69, 9.17) is 4.74 Å². The number of ether oxygens (including phenoxy) is 1. The normalized spacial score (nSPS) is 13.7. The summed E-state index contributed by atoms with van der Waals surface area (Å²) in [4.78, 5) is 18.2. The monoisotopic (exact) mass is 522 g/mol. The van der Waals surface area contributed by atoms with Crippen LogP contribution in [0.5, 0.6) is 5.75 Å². The quantitative estimate of drug-likeness (QED) is 0.316. The summed E-state index contributed by atoms with van der Waals surface area (Å²) in [5.41, 5.74) is 3.43. The van der Waals surface area contributed by atoms with Gasteiger partial charge in [-0.15, -0.1) is 24.0 Å². The van der Waals surface area contributed by atoms with Crippen LogP contribution >= 0.6 is 24.0 Å². The highest BCUT2D eigenvalue weighted by Crippen LogP contribution is 2.18. The van der Waals surface area contributed by atoms with Crippen molar-refractivity contribution in [3.8, 4) is 5.75 Å². The Kier molecular flexibility index (Phi) is 9.93. The van der Waals surface area contributed by atoms with Gasteiger partial charge in [-0.25, -0.2) is 0 Å². The number of hydrogen-bond donors (Lipinski definition) is 2. The van der Waals surface area contributed by atoms with Crippen LogP contribution in [0.1, 0.15) is 36.5 Å². The van der Waals surface area contributed by atoms with Gasteiger partial charge in [0.25, 0.3) is 0 Å². The van der Waals surface area contributed by atoms with E-state index in [1.165, 1.54) is 11.1 Å². The van der Waals surface area contributed by atoms with Crippen LogP contribution in [0.2, 0.25) is 0 Å². The average molecular weight is 522 g/mol. The third-order valence-electron chi connectivity index (χ3n) is 5.04. The summed E-state index contributed by atoms with van der Waals surface area (Å²) in [5.74, 6) is 1.86. The van der Waals surface area contributed by atoms with E-state index in [0.29, 0.717) is 32.7 Å². The fourth-order valence-corrected chi connectivity index (χ4v) is 3.49. The third kappa shape index (κ3) is 6.62. The number of rotatable bonds is 8. The van der Waals surface area contributed by atoms with Gasteiger partial charge < -0.3 is 20.3 Å². The molecule has 2 aromatic rings. The number of halogens is 1. The van der Waals surface area contributed by atoms with Crippen molar-refractivity contribution in [1.29, 1.82) is 0 Å². The van der Waals surface area contributed by atoms with Crippen molar-refractivity contribution in [1.82, 2.24) is 15.5 Å². The molecule has 0 radical (unpaired) electrons. The molecule has 0 aliphatic carbocycles. The smallest absolute Gasteiger partial charge is 0.222 e. The Balaban J connectivity index is 0.00000320. The summed E-state index contributed by atoms with van der Waals surface area (Å²) in [6, 6.07) is 16.3. The van der Waals surface area contributed by atoms with Gasteiger partial charge in [0.05, 0.1) is 6.61 Å². The van der Waals surface area contributed by atoms with E-state index < -0.39 is 0 Å². The molecular formula is C23H31IN4O2. The molecule has 0 bridgehead atoms. The number of nitrogens with zero attached hydrogens (tertiary/aromatic N) is 2. The molecule has 2 aromatic carbocycles. The molecule has 2 N–H and O–H groups in total. The zero-order chi connectivity index (χ0) is 20.5. The molecule has 0 saturated carbocycles. The van der Waals surface area contributed by atoms with Crippen LogP contribution in [0.15, 0.2) is 53.5 Å². The molecule has 3 rings (SSSR count). The average Bonchev–Trinajstić information content (AvgIpc) is 3.15. The highest BCUT2D eigenvalue weighted by Gasteiger charge is 2.20. The number of para-hydroxylation sites is 1. The minimum Gasteiger partial charge on any atom is -0.494 e. The number of aliphatic imine (C=N–C) groups is 1. The van der Waals surface area contributed by atoms with E-state index in [-0.39, 0.29) is 29.9 Å². The van der Waals surface area contributed by atoms with Crippen LogP contribution in [0.3, 0.4) is 0 Å². The van der Waals surface area contributed by atoms with Crippen LogP contribution in [0.25, 0.3) is 0 Å². The summed E-state index contributed by atoms with van der Waals surface area (Å²) < 4.78 is 5.69. The van der Waals surface area contributed by atoms with Crippen LogP contribution in [-0.4, -0.2) is 37.0 Å². The number of guanidine groups is 1. The topological polar surface area (TPSA) is 66.0 Å². The number of carbonyl (C=O) groups excluding carboxylic acids is 1. The predicted octanol–water partition coefficient (Wildman–Crippen LogP) is 3.69. The summed E-state index contributed by atoms with van der Waals surface area (Å²) in [6.07, 6.45) is 1.62. The van der Waals surface area contributed by atoms with Gasteiger partial charge in [0, 0.05) is 45.2 Å². The van der Waals surface area contributed by atoms with E-state index in [1.54, 1.807) is 7.05 Å². The molecule has 0 aromatic heterocycles. The molecule has 0 unspecified atom stereocenters. The zero-order valence-electron chi connectivity index (χ0n) is 17.7. The molecule has 7 heteroatoms. The van der Waals surface area contributed by atoms with Gasteiger partial charge >= 0.3 is 0 Å². The molecule has 6 nitrogen and oxygen atoms in total. The highest BCUT2D eigenvalue weighted by atomic mass is 127. The Morgan fingerprint density at radius 3 is 2.30 bits per heavy atom. The zero-order valence-corrected chi connectivity index (χ0v) is 20.0. The maximum Gasteiger partial charge on any atom is 0.222 e. The molecule has 1 heterocycles. The van der Waals surface area contributed by atoms with E-state index >= 15 is 0 Å². The maximum atomic E-state index is 12.0. The lowest BCUT2D eigenvalue weighted by Crippen LogP contribution is -2.36. The van der Waals surface area contributed by atoms with Crippen molar-refractivity contribution in [3.63, 3.8) is 0 Å². The van der Waals surface area contributed by atoms with Gasteiger partial charge in [0.15, 0.2) is 5.96 Å². The molecular weight excluding hydrogens is 491 g/mol. The Bertz CT molecular complexity index is 857. The van der Waals surface area contributed by atoms with Crippen molar-refractivity contribution in [2.75, 3.05) is 20.2 Å². The molecule has 162 valence electrons. The molecule has 1 saturated heterocycles. The number of nitrogens with one attached hydrogen (secondary N) is 2. The van der Waals surface area contributed by atoms with Gasteiger partial charge in [-0.1, -0.05) is 42.5 Å². The van der Waals surface area contributed by atoms with Gasteiger partial charge in [-0.05, 0) is 30.5 Å². The van der Waals surface area contributed by atoms with Crippen molar-refractivity contribution < 1.29 is 9.53 Å². The van der Waals surface area contributed by atoms with Crippen molar-refractivity contribution in [3.05, 3.63) is 65.2 Å². The molecule has 30 heavy (non-hydrogen) atoms. The van der Waals surface area contributed by atoms with Gasteiger partial charge in [0.2, 0.25) is 5.91 Å². The summed E-state index contributed by atoms with van der Waals surface area (Å²) >= 11 is 0. The Labute approximate surface area is 196 Å². The lowest BCUT2D eigenvalue weighted by Gasteiger charge is -2.19. The lowest BCUT2D eigenvalue weighted by atomic mass is 10.1. The Morgan fingerprint density at radius 1 is 1.03 bits per heavy atom. The maximum absolute atomic E-state index is 12.0. The Hall–Kier alpha value is -2.29. The second-order valence-electron chi connectivity index (χ2n) is 7.01. The first kappa shape index (κ1) is 24.0. The van der Waals surface area contributed by atoms with Crippen molar-refractivity contribution >= 4 is 35.8 Å². The van der Waals surface area contributed by atoms with Crippen LogP contribution in [0, 0.1) is 0 Å². The first-order valence-corrected chi connectivity index (χ1v) is 10.2. The predicted molar refractivity (Wildman–Crippen MR) is 131 cm³/mol. The minimum atomic E-state index is 0. The molecule has 1 fully saturated rings. The standard InChI is InChI=1S/C23H30N4O2.HI/c1-3-29-21-12-7-6-10-19(21)16-26-23(24-2)25-15-18-9-4-5-11-20(18)17-27-14-8-13-22(27)28;/h4-7,9-12H,3,8,13-17H2,1-2H3,(H2,24,25,26);1H. The number of benzene rings is 2. The molecule has 0 atom stereocenters. The lowest BCUT2D eigenvalue weighted by molar-refractivity contribution is -0.128. The van der Waals surface area contributed by atoms with Crippen LogP contribution in [-0.2, 0) is 24.4 Å². The van der Waals surface area contributed by atoms with E-state index in [9.17, 15) is 4.79 Å². The molecule has 0 spiro atoms. The fraction of sp³-hybridized carbons (Fsp3) is 0.391. The summed E-state index contributed by atoms with van der Waals surface area (Å²) in [6.45, 7) is 5.41. The first-order chi connectivity index (χ1) is 14.2. The largest absolute Gasteiger partial charge is 0.494 e. The number of amides is 1. The number of hydrogen-bond acceptors (Lipinski definition) is 3. The van der Waals surface area contributed by atoms with Gasteiger partial charge in [-0.3, -0.25) is 9.79 Å². The molecule has 1 aliphatic rings. The minimum absolute atomic E-state index is 0. The van der Waals surface area contributed by atoms with E-state index in [0.717, 1.165) is 30.2 Å². The number of carbonyl (C=O) groups is 1. The summed E-state index contributed by atoms with van der Waals surface area (Å²) in [5, 5.41) is 6.73. The SMILES string of the molecule is CCOc1ccccc1CNC(=NC)NCc1ccccc1CN1CCCC1=O.I. The Morgan fingerprint density at radius 2 is 1.67 bits per heavy atom. The van der Waals surface area contributed by atoms with Gasteiger partial charge in [0.1, 0.15) is 5.75 Å². The van der Waals surface area contributed by atoms with Crippen LogP contribution in [0.4, 0.5) is 0 Å². The highest BCUT2D eigenvalue weighted by molar-refractivity contribution is 14.0. The summed E-state index contributed by atoms with van der Waals surface area (Å²) in [7, 11) is 1.76. The first-order valence-electron chi connectivity index (χ1n) is 10.2. The second kappa shape index (κ2) is 12.4. The van der Waals surface area contributed by atoms with Gasteiger partial charge in [-0.2, -0.15) is 0 Å². The van der Waals surface area contributed by atoms with E-state index in [2.05, 4.69) is 27.8 Å². The number of likely N-dealkylation sites (tertiary alicyclic amines) is 1. The molecule has 1 amide bonds. The van der Waals surface area contributed by atoms with Crippen LogP contribution < -0.4 is 15.4 Å². The van der Waals surface area contributed by atoms with Crippen molar-refractivity contribution in [2.45, 2.75) is 39.4 Å². The molecule has 1 aliphatic heterocycles. The third-order valence-corrected chi connectivity index (χ3v) is 5.04. The fourth-order valence-electron chi connectivity index (χ4n) is 3.49. The second-order valence-corrected chi connectivity index (χ2v) is 7.01. The van der Waals surface area contributed by atoms with E-state index in [1.807, 2.05) is 48.2 Å².